The molecule has 0 spiro atoms. The van der Waals surface area contributed by atoms with Crippen molar-refractivity contribution in [3.63, 3.8) is 0 Å². The van der Waals surface area contributed by atoms with E-state index >= 15 is 0 Å². The molecule has 2 amide bonds. The van der Waals surface area contributed by atoms with Gasteiger partial charge in [0.15, 0.2) is 0 Å². The number of rotatable bonds is 4. The quantitative estimate of drug-likeness (QED) is 0.808. The second-order valence-corrected chi connectivity index (χ2v) is 6.68. The van der Waals surface area contributed by atoms with Crippen molar-refractivity contribution in [1.29, 1.82) is 0 Å². The summed E-state index contributed by atoms with van der Waals surface area (Å²) in [4.78, 5) is 15.5. The molecule has 0 saturated carbocycles. The predicted octanol–water partition coefficient (Wildman–Crippen LogP) is 3.54. The van der Waals surface area contributed by atoms with Crippen molar-refractivity contribution in [3.05, 3.63) is 40.3 Å². The van der Waals surface area contributed by atoms with Crippen LogP contribution in [0.1, 0.15) is 31.5 Å². The van der Waals surface area contributed by atoms with E-state index in [0.29, 0.717) is 12.2 Å². The van der Waals surface area contributed by atoms with Crippen LogP contribution in [-0.4, -0.2) is 11.0 Å². The number of hydrogen-bond donors (Lipinski definition) is 3. The fourth-order valence-electron chi connectivity index (χ4n) is 1.77. The average molecular weight is 304 g/mol. The molecule has 2 aromatic rings. The van der Waals surface area contributed by atoms with Crippen LogP contribution in [0.4, 0.5) is 16.2 Å². The van der Waals surface area contributed by atoms with Crippen molar-refractivity contribution in [1.82, 2.24) is 4.98 Å². The Balaban J connectivity index is 2.00. The van der Waals surface area contributed by atoms with Crippen LogP contribution in [0.5, 0.6) is 0 Å². The van der Waals surface area contributed by atoms with Gasteiger partial charge in [-0.25, -0.2) is 9.78 Å². The van der Waals surface area contributed by atoms with E-state index in [9.17, 15) is 4.79 Å². The zero-order valence-corrected chi connectivity index (χ0v) is 13.3. The summed E-state index contributed by atoms with van der Waals surface area (Å²) in [6, 6.07) is 6.85. The molecule has 0 radical (unpaired) electrons. The van der Waals surface area contributed by atoms with E-state index in [1.54, 1.807) is 17.4 Å². The van der Waals surface area contributed by atoms with E-state index < -0.39 is 6.03 Å². The molecule has 21 heavy (non-hydrogen) atoms. The zero-order valence-electron chi connectivity index (χ0n) is 12.4. The Kier molecular flexibility index (Phi) is 4.47. The summed E-state index contributed by atoms with van der Waals surface area (Å²) in [5.41, 5.74) is 7.77. The maximum atomic E-state index is 10.8. The van der Waals surface area contributed by atoms with Crippen LogP contribution in [0.3, 0.4) is 0 Å². The Bertz CT molecular complexity index is 631. The third-order valence-corrected chi connectivity index (χ3v) is 4.11. The second kappa shape index (κ2) is 6.13. The van der Waals surface area contributed by atoms with Crippen LogP contribution in [0.15, 0.2) is 29.6 Å². The number of nitrogens with one attached hydrogen (secondary N) is 2. The number of primary amides is 1. The maximum Gasteiger partial charge on any atom is 0.316 e. The number of carbonyl (C=O) groups excluding carboxylic acids is 1. The van der Waals surface area contributed by atoms with E-state index in [-0.39, 0.29) is 5.41 Å². The van der Waals surface area contributed by atoms with Gasteiger partial charge in [-0.1, -0.05) is 26.8 Å². The van der Waals surface area contributed by atoms with Gasteiger partial charge >= 0.3 is 6.03 Å². The third-order valence-electron chi connectivity index (χ3n) is 2.80. The third kappa shape index (κ3) is 4.46. The lowest BCUT2D eigenvalue weighted by molar-refractivity contribution is 0.259. The molecule has 4 N–H and O–H groups in total. The normalized spacial score (nSPS) is 11.2. The highest BCUT2D eigenvalue weighted by Gasteiger charge is 2.17. The summed E-state index contributed by atoms with van der Waals surface area (Å²) in [6.45, 7) is 7.11. The molecule has 1 aromatic carbocycles. The first-order valence-electron chi connectivity index (χ1n) is 6.70. The van der Waals surface area contributed by atoms with Gasteiger partial charge in [0.1, 0.15) is 0 Å². The van der Waals surface area contributed by atoms with Crippen LogP contribution in [0.2, 0.25) is 0 Å². The lowest BCUT2D eigenvalue weighted by Gasteiger charge is -2.13. The Morgan fingerprint density at radius 1 is 1.33 bits per heavy atom. The van der Waals surface area contributed by atoms with Crippen molar-refractivity contribution in [3.8, 4) is 0 Å². The van der Waals surface area contributed by atoms with Crippen molar-refractivity contribution in [2.75, 3.05) is 10.6 Å². The SMILES string of the molecule is CC(C)(C)c1nc(CNc2cccc(NC(N)=O)c2)cs1. The number of aromatic nitrogens is 1. The lowest BCUT2D eigenvalue weighted by Crippen LogP contribution is -2.19. The van der Waals surface area contributed by atoms with Crippen molar-refractivity contribution in [2.45, 2.75) is 32.7 Å². The second-order valence-electron chi connectivity index (χ2n) is 5.82. The standard InChI is InChI=1S/C15H20N4OS/c1-15(2,3)13-18-12(9-21-13)8-17-10-5-4-6-11(7-10)19-14(16)20/h4-7,9,17H,8H2,1-3H3,(H3,16,19,20). The minimum atomic E-state index is -0.568. The molecule has 0 aliphatic rings. The Hall–Kier alpha value is -2.08. The van der Waals surface area contributed by atoms with Gasteiger partial charge in [0.2, 0.25) is 0 Å². The highest BCUT2D eigenvalue weighted by atomic mass is 32.1. The molecular formula is C15H20N4OS. The fourth-order valence-corrected chi connectivity index (χ4v) is 2.68. The van der Waals surface area contributed by atoms with Crippen molar-refractivity contribution < 1.29 is 4.79 Å². The predicted molar refractivity (Wildman–Crippen MR) is 87.8 cm³/mol. The smallest absolute Gasteiger partial charge is 0.316 e. The van der Waals surface area contributed by atoms with E-state index in [0.717, 1.165) is 16.4 Å². The first-order valence-corrected chi connectivity index (χ1v) is 7.58. The lowest BCUT2D eigenvalue weighted by atomic mass is 9.98. The highest BCUT2D eigenvalue weighted by Crippen LogP contribution is 2.26. The van der Waals surface area contributed by atoms with Gasteiger partial charge < -0.3 is 16.4 Å². The van der Waals surface area contributed by atoms with Gasteiger partial charge in [0.25, 0.3) is 0 Å². The van der Waals surface area contributed by atoms with Crippen molar-refractivity contribution >= 4 is 28.7 Å². The topological polar surface area (TPSA) is 80.0 Å². The first-order chi connectivity index (χ1) is 9.84. The average Bonchev–Trinajstić information content (AvgIpc) is 2.84. The summed E-state index contributed by atoms with van der Waals surface area (Å²) in [7, 11) is 0. The summed E-state index contributed by atoms with van der Waals surface area (Å²) in [5, 5.41) is 9.04. The monoisotopic (exact) mass is 304 g/mol. The number of anilines is 2. The van der Waals surface area contributed by atoms with Gasteiger partial charge in [0, 0.05) is 22.2 Å². The number of nitrogens with two attached hydrogens (primary N) is 1. The molecule has 1 heterocycles. The van der Waals surface area contributed by atoms with Crippen LogP contribution in [0.25, 0.3) is 0 Å². The molecule has 2 rings (SSSR count). The van der Waals surface area contributed by atoms with Gasteiger partial charge in [-0.05, 0) is 18.2 Å². The van der Waals surface area contributed by atoms with Gasteiger partial charge in [-0.15, -0.1) is 11.3 Å². The molecule has 0 unspecified atom stereocenters. The summed E-state index contributed by atoms with van der Waals surface area (Å²) in [5.74, 6) is 0. The molecule has 0 bridgehead atoms. The molecule has 1 aromatic heterocycles. The zero-order chi connectivity index (χ0) is 15.5. The number of benzene rings is 1. The highest BCUT2D eigenvalue weighted by molar-refractivity contribution is 7.09. The van der Waals surface area contributed by atoms with Crippen molar-refractivity contribution in [2.24, 2.45) is 5.73 Å². The molecule has 112 valence electrons. The minimum absolute atomic E-state index is 0.0776. The number of hydrogen-bond acceptors (Lipinski definition) is 4. The van der Waals surface area contributed by atoms with Crippen LogP contribution in [-0.2, 0) is 12.0 Å². The van der Waals surface area contributed by atoms with Crippen LogP contribution >= 0.6 is 11.3 Å². The number of thiazole rings is 1. The summed E-state index contributed by atoms with van der Waals surface area (Å²) >= 11 is 1.68. The Morgan fingerprint density at radius 2 is 2.05 bits per heavy atom. The Labute approximate surface area is 128 Å². The van der Waals surface area contributed by atoms with E-state index in [2.05, 4.69) is 41.8 Å². The minimum Gasteiger partial charge on any atom is -0.379 e. The molecular weight excluding hydrogens is 284 g/mol. The molecule has 0 aliphatic heterocycles. The number of urea groups is 1. The molecule has 0 fully saturated rings. The number of carbonyl (C=O) groups is 1. The molecule has 5 nitrogen and oxygen atoms in total. The summed E-state index contributed by atoms with van der Waals surface area (Å²) in [6.07, 6.45) is 0. The maximum absolute atomic E-state index is 10.8. The van der Waals surface area contributed by atoms with Gasteiger partial charge in [0.05, 0.1) is 17.2 Å². The largest absolute Gasteiger partial charge is 0.379 e. The van der Waals surface area contributed by atoms with Crippen LogP contribution in [0, 0.1) is 0 Å². The Morgan fingerprint density at radius 3 is 2.67 bits per heavy atom. The molecule has 0 aliphatic carbocycles. The van der Waals surface area contributed by atoms with Crippen LogP contribution < -0.4 is 16.4 Å². The van der Waals surface area contributed by atoms with E-state index in [4.69, 9.17) is 5.73 Å². The van der Waals surface area contributed by atoms with Gasteiger partial charge in [-0.3, -0.25) is 0 Å². The first kappa shape index (κ1) is 15.3. The molecule has 0 atom stereocenters. The van der Waals surface area contributed by atoms with E-state index in [1.807, 2.05) is 18.2 Å². The summed E-state index contributed by atoms with van der Waals surface area (Å²) < 4.78 is 0. The number of nitrogens with zero attached hydrogens (tertiary/aromatic N) is 1. The van der Waals surface area contributed by atoms with E-state index in [1.165, 1.54) is 0 Å². The van der Waals surface area contributed by atoms with Gasteiger partial charge in [-0.2, -0.15) is 0 Å². The fraction of sp³-hybridized carbons (Fsp3) is 0.333. The molecule has 0 saturated heterocycles. The molecule has 6 heteroatoms. The number of amides is 2.